The van der Waals surface area contributed by atoms with E-state index in [1.54, 1.807) is 12.1 Å². The lowest BCUT2D eigenvalue weighted by atomic mass is 10.2. The number of ether oxygens (including phenoxy) is 2. The fourth-order valence-corrected chi connectivity index (χ4v) is 3.29. The van der Waals surface area contributed by atoms with Gasteiger partial charge in [0.1, 0.15) is 18.5 Å². The van der Waals surface area contributed by atoms with Crippen molar-refractivity contribution in [3.05, 3.63) is 48.5 Å². The minimum atomic E-state index is 0.0834. The van der Waals surface area contributed by atoms with Crippen LogP contribution in [0, 0.1) is 0 Å². The van der Waals surface area contributed by atoms with E-state index in [0.29, 0.717) is 12.4 Å². The van der Waals surface area contributed by atoms with Gasteiger partial charge in [-0.15, -0.1) is 0 Å². The van der Waals surface area contributed by atoms with E-state index >= 15 is 0 Å². The Bertz CT molecular complexity index is 681. The van der Waals surface area contributed by atoms with Crippen molar-refractivity contribution in [2.24, 2.45) is 0 Å². The van der Waals surface area contributed by atoms with Crippen LogP contribution in [0.1, 0.15) is 0 Å². The molecule has 0 aliphatic carbocycles. The summed E-state index contributed by atoms with van der Waals surface area (Å²) in [6.45, 7) is 5.46. The molecule has 2 aliphatic heterocycles. The van der Waals surface area contributed by atoms with E-state index in [4.69, 9.17) is 9.47 Å². The van der Waals surface area contributed by atoms with E-state index < -0.39 is 0 Å². The summed E-state index contributed by atoms with van der Waals surface area (Å²) >= 11 is 0. The summed E-state index contributed by atoms with van der Waals surface area (Å²) in [4.78, 5) is 4.78. The lowest BCUT2D eigenvalue weighted by Gasteiger charge is -2.38. The molecule has 0 saturated carbocycles. The van der Waals surface area contributed by atoms with Gasteiger partial charge in [0.2, 0.25) is 0 Å². The number of benzene rings is 2. The monoisotopic (exact) mass is 326 g/mol. The molecule has 5 heteroatoms. The molecule has 4 rings (SSSR count). The normalized spacial score (nSPS) is 20.8. The van der Waals surface area contributed by atoms with Gasteiger partial charge in [0.05, 0.1) is 0 Å². The number of para-hydroxylation sites is 2. The molecule has 1 unspecified atom stereocenters. The highest BCUT2D eigenvalue weighted by molar-refractivity contribution is 5.49. The molecular weight excluding hydrogens is 304 g/mol. The number of anilines is 1. The summed E-state index contributed by atoms with van der Waals surface area (Å²) in [6, 6.07) is 15.3. The summed E-state index contributed by atoms with van der Waals surface area (Å²) in [5.41, 5.74) is 1.17. The van der Waals surface area contributed by atoms with Gasteiger partial charge in [-0.2, -0.15) is 0 Å². The Morgan fingerprint density at radius 2 is 1.62 bits per heavy atom. The van der Waals surface area contributed by atoms with Crippen LogP contribution in [0.25, 0.3) is 0 Å². The van der Waals surface area contributed by atoms with Crippen molar-refractivity contribution in [1.29, 1.82) is 0 Å². The smallest absolute Gasteiger partial charge is 0.161 e. The van der Waals surface area contributed by atoms with E-state index in [9.17, 15) is 5.11 Å². The average molecular weight is 326 g/mol. The van der Waals surface area contributed by atoms with Crippen molar-refractivity contribution in [3.8, 4) is 17.2 Å². The van der Waals surface area contributed by atoms with E-state index in [2.05, 4.69) is 9.80 Å². The van der Waals surface area contributed by atoms with Gasteiger partial charge in [-0.25, -0.2) is 0 Å². The van der Waals surface area contributed by atoms with Crippen molar-refractivity contribution < 1.29 is 14.6 Å². The summed E-state index contributed by atoms with van der Waals surface area (Å²) < 4.78 is 11.8. The molecule has 24 heavy (non-hydrogen) atoms. The van der Waals surface area contributed by atoms with Crippen LogP contribution < -0.4 is 14.4 Å². The maximum Gasteiger partial charge on any atom is 0.161 e. The molecule has 1 saturated heterocycles. The maximum absolute atomic E-state index is 9.40. The molecule has 2 heterocycles. The number of phenolic OH excluding ortho intramolecular Hbond substituents is 1. The molecule has 1 fully saturated rings. The quantitative estimate of drug-likeness (QED) is 0.938. The second-order valence-corrected chi connectivity index (χ2v) is 6.30. The molecule has 0 bridgehead atoms. The Morgan fingerprint density at radius 3 is 2.38 bits per heavy atom. The molecule has 126 valence electrons. The van der Waals surface area contributed by atoms with Crippen molar-refractivity contribution >= 4 is 5.69 Å². The molecule has 2 aromatic rings. The number of hydrogen-bond donors (Lipinski definition) is 1. The largest absolute Gasteiger partial charge is 0.508 e. The van der Waals surface area contributed by atoms with E-state index in [1.165, 1.54) is 5.69 Å². The van der Waals surface area contributed by atoms with Gasteiger partial charge in [0.15, 0.2) is 11.5 Å². The highest BCUT2D eigenvalue weighted by Gasteiger charge is 2.25. The standard InChI is InChI=1S/C19H22N2O3/c22-16-7-5-15(6-8-16)21-11-9-20(10-12-21)13-17-14-23-18-3-1-2-4-19(18)24-17/h1-8,17,22H,9-14H2. The number of fused-ring (bicyclic) bond motifs is 1. The van der Waals surface area contributed by atoms with Crippen molar-refractivity contribution in [2.45, 2.75) is 6.10 Å². The zero-order valence-corrected chi connectivity index (χ0v) is 13.6. The summed E-state index contributed by atoms with van der Waals surface area (Å²) in [5, 5.41) is 9.40. The second kappa shape index (κ2) is 6.61. The fourth-order valence-electron chi connectivity index (χ4n) is 3.29. The molecule has 2 aromatic carbocycles. The minimum Gasteiger partial charge on any atom is -0.508 e. The summed E-state index contributed by atoms with van der Waals surface area (Å²) in [6.07, 6.45) is 0.0834. The van der Waals surface area contributed by atoms with Crippen LogP contribution in [0.3, 0.4) is 0 Å². The number of aromatic hydroxyl groups is 1. The van der Waals surface area contributed by atoms with Gasteiger partial charge < -0.3 is 19.5 Å². The van der Waals surface area contributed by atoms with E-state index in [1.807, 2.05) is 36.4 Å². The van der Waals surface area contributed by atoms with Gasteiger partial charge in [0, 0.05) is 38.4 Å². The molecule has 0 amide bonds. The topological polar surface area (TPSA) is 45.2 Å². The number of hydrogen-bond acceptors (Lipinski definition) is 5. The second-order valence-electron chi connectivity index (χ2n) is 6.30. The predicted molar refractivity (Wildman–Crippen MR) is 93.1 cm³/mol. The minimum absolute atomic E-state index is 0.0834. The van der Waals surface area contributed by atoms with E-state index in [0.717, 1.165) is 44.2 Å². The van der Waals surface area contributed by atoms with Gasteiger partial charge in [-0.1, -0.05) is 12.1 Å². The molecule has 0 spiro atoms. The van der Waals surface area contributed by atoms with Crippen LogP contribution in [0.5, 0.6) is 17.2 Å². The maximum atomic E-state index is 9.40. The van der Waals surface area contributed by atoms with Gasteiger partial charge in [0.25, 0.3) is 0 Å². The first-order valence-electron chi connectivity index (χ1n) is 8.43. The molecule has 0 radical (unpaired) electrons. The summed E-state index contributed by atoms with van der Waals surface area (Å²) in [7, 11) is 0. The number of piperazine rings is 1. The fraction of sp³-hybridized carbons (Fsp3) is 0.368. The zero-order chi connectivity index (χ0) is 16.4. The highest BCUT2D eigenvalue weighted by Crippen LogP contribution is 2.31. The Hall–Kier alpha value is -2.40. The number of rotatable bonds is 3. The highest BCUT2D eigenvalue weighted by atomic mass is 16.6. The van der Waals surface area contributed by atoms with Crippen molar-refractivity contribution in [3.63, 3.8) is 0 Å². The molecule has 1 N–H and O–H groups in total. The van der Waals surface area contributed by atoms with Crippen LogP contribution >= 0.6 is 0 Å². The van der Waals surface area contributed by atoms with E-state index in [-0.39, 0.29) is 6.10 Å². The van der Waals surface area contributed by atoms with Crippen LogP contribution in [0.15, 0.2) is 48.5 Å². The molecule has 1 atom stereocenters. The third kappa shape index (κ3) is 3.26. The van der Waals surface area contributed by atoms with Crippen LogP contribution in [0.4, 0.5) is 5.69 Å². The van der Waals surface area contributed by atoms with Gasteiger partial charge in [-0.05, 0) is 36.4 Å². The molecule has 2 aliphatic rings. The van der Waals surface area contributed by atoms with Crippen LogP contribution in [-0.4, -0.2) is 55.4 Å². The third-order valence-electron chi connectivity index (χ3n) is 4.62. The van der Waals surface area contributed by atoms with Crippen molar-refractivity contribution in [2.75, 3.05) is 44.2 Å². The summed E-state index contributed by atoms with van der Waals surface area (Å²) in [5.74, 6) is 1.99. The average Bonchev–Trinajstić information content (AvgIpc) is 2.63. The Kier molecular flexibility index (Phi) is 4.17. The van der Waals surface area contributed by atoms with Crippen LogP contribution in [-0.2, 0) is 0 Å². The Morgan fingerprint density at radius 1 is 0.917 bits per heavy atom. The van der Waals surface area contributed by atoms with Crippen molar-refractivity contribution in [1.82, 2.24) is 4.90 Å². The predicted octanol–water partition coefficient (Wildman–Crippen LogP) is 2.35. The number of nitrogens with zero attached hydrogens (tertiary/aromatic N) is 2. The zero-order valence-electron chi connectivity index (χ0n) is 13.6. The van der Waals surface area contributed by atoms with Crippen LogP contribution in [0.2, 0.25) is 0 Å². The molecular formula is C19H22N2O3. The first-order chi connectivity index (χ1) is 11.8. The molecule has 0 aromatic heterocycles. The number of phenols is 1. The first kappa shape index (κ1) is 15.1. The molecule has 5 nitrogen and oxygen atoms in total. The van der Waals surface area contributed by atoms with Gasteiger partial charge in [-0.3, -0.25) is 4.90 Å². The lowest BCUT2D eigenvalue weighted by molar-refractivity contribution is 0.0571. The Balaban J connectivity index is 1.30. The first-order valence-corrected chi connectivity index (χ1v) is 8.43. The lowest BCUT2D eigenvalue weighted by Crippen LogP contribution is -2.50. The Labute approximate surface area is 142 Å². The third-order valence-corrected chi connectivity index (χ3v) is 4.62. The SMILES string of the molecule is Oc1ccc(N2CCN(CC3COc4ccccc4O3)CC2)cc1. The van der Waals surface area contributed by atoms with Gasteiger partial charge >= 0.3 is 0 Å².